The van der Waals surface area contributed by atoms with Gasteiger partial charge in [-0.2, -0.15) is 0 Å². The smallest absolute Gasteiger partial charge is 0.355 e. The number of hydrogen-bond donors (Lipinski definition) is 3. The van der Waals surface area contributed by atoms with Crippen molar-refractivity contribution < 1.29 is 14.3 Å². The first-order chi connectivity index (χ1) is 9.94. The summed E-state index contributed by atoms with van der Waals surface area (Å²) in [7, 11) is 0. The summed E-state index contributed by atoms with van der Waals surface area (Å²) in [5.41, 5.74) is -1.93. The van der Waals surface area contributed by atoms with Crippen LogP contribution in [0.2, 0.25) is 0 Å². The largest absolute Gasteiger partial charge is 0.451 e. The third kappa shape index (κ3) is 4.36. The zero-order chi connectivity index (χ0) is 15.4. The van der Waals surface area contributed by atoms with Gasteiger partial charge in [0.2, 0.25) is 0 Å². The molecule has 110 valence electrons. The summed E-state index contributed by atoms with van der Waals surface area (Å²) in [6.07, 6.45) is 1.51. The maximum atomic E-state index is 11.6. The van der Waals surface area contributed by atoms with E-state index in [0.29, 0.717) is 5.13 Å². The molecule has 2 rings (SSSR count). The van der Waals surface area contributed by atoms with Crippen LogP contribution >= 0.6 is 27.3 Å². The lowest BCUT2D eigenvalue weighted by Gasteiger charge is -2.04. The van der Waals surface area contributed by atoms with Crippen LogP contribution in [0.5, 0.6) is 0 Å². The van der Waals surface area contributed by atoms with Crippen LogP contribution in [-0.2, 0) is 9.53 Å². The number of carbonyl (C=O) groups is 2. The minimum atomic E-state index is -0.992. The molecule has 0 saturated heterocycles. The van der Waals surface area contributed by atoms with Crippen molar-refractivity contribution in [3.8, 4) is 0 Å². The average molecular weight is 375 g/mol. The topological polar surface area (TPSA) is 134 Å². The highest BCUT2D eigenvalue weighted by Crippen LogP contribution is 2.22. The van der Waals surface area contributed by atoms with E-state index < -0.39 is 29.7 Å². The molecule has 0 aliphatic rings. The molecule has 0 aliphatic carbocycles. The zero-order valence-corrected chi connectivity index (χ0v) is 12.5. The number of carbonyl (C=O) groups excluding carboxylic acids is 2. The van der Waals surface area contributed by atoms with Gasteiger partial charge in [-0.15, -0.1) is 0 Å². The number of esters is 1. The molecule has 1 amide bonds. The molecule has 0 fully saturated rings. The van der Waals surface area contributed by atoms with Gasteiger partial charge < -0.3 is 9.72 Å². The lowest BCUT2D eigenvalue weighted by molar-refractivity contribution is -0.119. The minimum Gasteiger partial charge on any atom is -0.451 e. The Morgan fingerprint density at radius 3 is 2.76 bits per heavy atom. The lowest BCUT2D eigenvalue weighted by atomic mass is 10.4. The van der Waals surface area contributed by atoms with Gasteiger partial charge in [-0.1, -0.05) is 11.3 Å². The van der Waals surface area contributed by atoms with Crippen LogP contribution in [0.25, 0.3) is 0 Å². The third-order valence-electron chi connectivity index (χ3n) is 2.04. The molecule has 0 radical (unpaired) electrons. The molecule has 0 saturated carbocycles. The monoisotopic (exact) mass is 374 g/mol. The summed E-state index contributed by atoms with van der Waals surface area (Å²) in [5, 5.41) is 2.75. The highest BCUT2D eigenvalue weighted by atomic mass is 79.9. The Labute approximate surface area is 128 Å². The number of amides is 1. The Hall–Kier alpha value is -2.27. The maximum Gasteiger partial charge on any atom is 0.355 e. The molecular weight excluding hydrogens is 368 g/mol. The van der Waals surface area contributed by atoms with Crippen LogP contribution in [0.1, 0.15) is 10.5 Å². The molecule has 0 aliphatic heterocycles. The molecule has 21 heavy (non-hydrogen) atoms. The van der Waals surface area contributed by atoms with E-state index in [1.54, 1.807) is 0 Å². The van der Waals surface area contributed by atoms with Crippen molar-refractivity contribution in [1.82, 2.24) is 15.0 Å². The van der Waals surface area contributed by atoms with E-state index in [1.165, 1.54) is 17.5 Å². The van der Waals surface area contributed by atoms with Crippen molar-refractivity contribution in [3.63, 3.8) is 0 Å². The van der Waals surface area contributed by atoms with E-state index in [1.807, 2.05) is 4.98 Å². The number of nitrogens with zero attached hydrogens (tertiary/aromatic N) is 1. The molecule has 2 aromatic heterocycles. The van der Waals surface area contributed by atoms with Crippen molar-refractivity contribution in [2.24, 2.45) is 0 Å². The minimum absolute atomic E-state index is 0.339. The van der Waals surface area contributed by atoms with Gasteiger partial charge in [0.15, 0.2) is 11.7 Å². The van der Waals surface area contributed by atoms with Gasteiger partial charge in [0.25, 0.3) is 11.5 Å². The molecule has 0 spiro atoms. The van der Waals surface area contributed by atoms with Gasteiger partial charge in [0.05, 0.1) is 9.98 Å². The summed E-state index contributed by atoms with van der Waals surface area (Å²) in [6, 6.07) is 0.861. The van der Waals surface area contributed by atoms with Crippen molar-refractivity contribution in [2.75, 3.05) is 11.9 Å². The summed E-state index contributed by atoms with van der Waals surface area (Å²) < 4.78 is 5.40. The van der Waals surface area contributed by atoms with E-state index in [4.69, 9.17) is 0 Å². The Balaban J connectivity index is 1.93. The number of ether oxygens (including phenoxy) is 1. The van der Waals surface area contributed by atoms with E-state index in [-0.39, 0.29) is 5.69 Å². The molecule has 0 bridgehead atoms. The zero-order valence-electron chi connectivity index (χ0n) is 10.1. The second kappa shape index (κ2) is 6.45. The summed E-state index contributed by atoms with van der Waals surface area (Å²) in [6.45, 7) is -0.579. The summed E-state index contributed by atoms with van der Waals surface area (Å²) in [5.74, 6) is -1.59. The number of aromatic nitrogens is 3. The number of thiazole rings is 1. The van der Waals surface area contributed by atoms with Crippen molar-refractivity contribution in [1.29, 1.82) is 0 Å². The van der Waals surface area contributed by atoms with Crippen LogP contribution in [0.3, 0.4) is 0 Å². The maximum absolute atomic E-state index is 11.6. The van der Waals surface area contributed by atoms with E-state index in [2.05, 4.69) is 36.0 Å². The lowest BCUT2D eigenvalue weighted by Crippen LogP contribution is -2.27. The number of hydrogen-bond acceptors (Lipinski definition) is 7. The van der Waals surface area contributed by atoms with Crippen LogP contribution < -0.4 is 16.6 Å². The number of H-pyrrole nitrogens is 2. The average Bonchev–Trinajstić information content (AvgIpc) is 2.80. The van der Waals surface area contributed by atoms with Gasteiger partial charge in [0, 0.05) is 6.07 Å². The highest BCUT2D eigenvalue weighted by molar-refractivity contribution is 9.11. The first-order valence-corrected chi connectivity index (χ1v) is 6.97. The van der Waals surface area contributed by atoms with Gasteiger partial charge in [-0.3, -0.25) is 19.9 Å². The molecule has 0 aromatic carbocycles. The predicted octanol–water partition coefficient (Wildman–Crippen LogP) is 0.0777. The van der Waals surface area contributed by atoms with Crippen molar-refractivity contribution >= 4 is 44.3 Å². The highest BCUT2D eigenvalue weighted by Gasteiger charge is 2.13. The Morgan fingerprint density at radius 1 is 1.38 bits per heavy atom. The molecule has 0 atom stereocenters. The number of nitrogens with one attached hydrogen (secondary N) is 3. The van der Waals surface area contributed by atoms with Gasteiger partial charge >= 0.3 is 11.7 Å². The number of halogens is 1. The Bertz CT molecular complexity index is 767. The van der Waals surface area contributed by atoms with E-state index in [9.17, 15) is 19.2 Å². The first kappa shape index (κ1) is 15.1. The second-order valence-corrected chi connectivity index (χ2v) is 6.01. The normalized spacial score (nSPS) is 10.1. The summed E-state index contributed by atoms with van der Waals surface area (Å²) in [4.78, 5) is 53.0. The Kier molecular flexibility index (Phi) is 4.65. The molecule has 0 unspecified atom stereocenters. The molecular formula is C10H7BrN4O5S. The third-order valence-corrected chi connectivity index (χ3v) is 3.43. The number of rotatable bonds is 4. The number of anilines is 1. The fourth-order valence-electron chi connectivity index (χ4n) is 1.26. The second-order valence-electron chi connectivity index (χ2n) is 3.60. The molecule has 9 nitrogen and oxygen atoms in total. The molecule has 2 aromatic rings. The van der Waals surface area contributed by atoms with Gasteiger partial charge in [-0.05, 0) is 15.9 Å². The number of aromatic amines is 2. The SMILES string of the molecule is O=C(COC(=O)c1cc(=O)[nH]c(=O)[nH]1)Nc1ncc(Br)s1. The van der Waals surface area contributed by atoms with Gasteiger partial charge in [0.1, 0.15) is 5.69 Å². The van der Waals surface area contributed by atoms with Crippen LogP contribution in [0.15, 0.2) is 25.6 Å². The molecule has 3 N–H and O–H groups in total. The van der Waals surface area contributed by atoms with E-state index >= 15 is 0 Å². The van der Waals surface area contributed by atoms with Crippen LogP contribution in [0.4, 0.5) is 5.13 Å². The quantitative estimate of drug-likeness (QED) is 0.648. The molecule has 11 heteroatoms. The first-order valence-electron chi connectivity index (χ1n) is 5.36. The fourth-order valence-corrected chi connectivity index (χ4v) is 2.38. The predicted molar refractivity (Wildman–Crippen MR) is 76.4 cm³/mol. The van der Waals surface area contributed by atoms with Crippen molar-refractivity contribution in [2.45, 2.75) is 0 Å². The van der Waals surface area contributed by atoms with Crippen LogP contribution in [-0.4, -0.2) is 33.4 Å². The molecule has 2 heterocycles. The Morgan fingerprint density at radius 2 is 2.14 bits per heavy atom. The van der Waals surface area contributed by atoms with E-state index in [0.717, 1.165) is 9.85 Å². The van der Waals surface area contributed by atoms with Crippen molar-refractivity contribution in [3.05, 3.63) is 42.6 Å². The fraction of sp³-hybridized carbons (Fsp3) is 0.100. The summed E-state index contributed by atoms with van der Waals surface area (Å²) >= 11 is 4.37. The van der Waals surface area contributed by atoms with Gasteiger partial charge in [-0.25, -0.2) is 14.6 Å². The van der Waals surface area contributed by atoms with Crippen LogP contribution in [0, 0.1) is 0 Å². The standard InChI is InChI=1S/C10H7BrN4O5S/c11-5-2-12-10(21-5)15-7(17)3-20-8(18)4-1-6(16)14-9(19)13-4/h1-2H,3H2,(H,12,15,17)(H2,13,14,16,19).